The number of nitrogens with zero attached hydrogens (tertiary/aromatic N) is 4. The maximum Gasteiger partial charge on any atom is 0.317 e. The molecule has 2 aromatic rings. The average Bonchev–Trinajstić information content (AvgIpc) is 3.45. The van der Waals surface area contributed by atoms with Crippen LogP contribution >= 0.6 is 0 Å². The van der Waals surface area contributed by atoms with E-state index in [0.29, 0.717) is 12.6 Å². The Morgan fingerprint density at radius 1 is 1.27 bits per heavy atom. The molecule has 0 spiro atoms. The second-order valence-electron chi connectivity index (χ2n) is 7.19. The summed E-state index contributed by atoms with van der Waals surface area (Å²) in [5.74, 6) is 0.936. The van der Waals surface area contributed by atoms with Gasteiger partial charge in [0.05, 0.1) is 18.6 Å². The highest BCUT2D eigenvalue weighted by Gasteiger charge is 2.28. The van der Waals surface area contributed by atoms with E-state index in [9.17, 15) is 4.79 Å². The maximum atomic E-state index is 12.6. The van der Waals surface area contributed by atoms with Gasteiger partial charge in [-0.3, -0.25) is 4.90 Å². The molecule has 7 heteroatoms. The Morgan fingerprint density at radius 2 is 2.08 bits per heavy atom. The average molecular weight is 357 g/mol. The van der Waals surface area contributed by atoms with Gasteiger partial charge < -0.3 is 19.2 Å². The van der Waals surface area contributed by atoms with Crippen LogP contribution in [0.4, 0.5) is 4.79 Å². The Labute approximate surface area is 154 Å². The molecule has 0 aliphatic carbocycles. The molecule has 1 N–H and O–H groups in total. The zero-order valence-electron chi connectivity index (χ0n) is 15.1. The Balaban J connectivity index is 1.30. The van der Waals surface area contributed by atoms with E-state index in [1.165, 1.54) is 12.8 Å². The fraction of sp³-hybridized carbons (Fsp3) is 0.579. The molecular weight excluding hydrogens is 330 g/mol. The molecule has 0 saturated carbocycles. The Hall–Kier alpha value is -2.28. The molecule has 0 bridgehead atoms. The van der Waals surface area contributed by atoms with Crippen LogP contribution in [0, 0.1) is 0 Å². The van der Waals surface area contributed by atoms with Gasteiger partial charge in [-0.25, -0.2) is 9.78 Å². The molecular formula is C19H27N5O2. The molecule has 0 unspecified atom stereocenters. The van der Waals surface area contributed by atoms with Crippen molar-refractivity contribution in [3.8, 4) is 0 Å². The number of carbonyl (C=O) groups is 1. The van der Waals surface area contributed by atoms with Gasteiger partial charge in [0.1, 0.15) is 5.76 Å². The quantitative estimate of drug-likeness (QED) is 0.893. The lowest BCUT2D eigenvalue weighted by molar-refractivity contribution is 0.162. The van der Waals surface area contributed by atoms with Gasteiger partial charge in [-0.05, 0) is 50.9 Å². The van der Waals surface area contributed by atoms with Gasteiger partial charge in [0.15, 0.2) is 0 Å². The van der Waals surface area contributed by atoms with Gasteiger partial charge >= 0.3 is 6.03 Å². The molecule has 2 aliphatic heterocycles. The number of imidazole rings is 1. The molecule has 0 radical (unpaired) electrons. The third-order valence-electron chi connectivity index (χ3n) is 5.60. The summed E-state index contributed by atoms with van der Waals surface area (Å²) in [5, 5.41) is 3.13. The van der Waals surface area contributed by atoms with Crippen molar-refractivity contribution in [2.24, 2.45) is 0 Å². The van der Waals surface area contributed by atoms with E-state index in [2.05, 4.69) is 19.8 Å². The van der Waals surface area contributed by atoms with E-state index >= 15 is 0 Å². The number of piperidine rings is 1. The van der Waals surface area contributed by atoms with Crippen molar-refractivity contribution in [1.82, 2.24) is 24.7 Å². The lowest BCUT2D eigenvalue weighted by Crippen LogP contribution is -2.47. The molecule has 2 aromatic heterocycles. The smallest absolute Gasteiger partial charge is 0.317 e. The number of nitrogens with one attached hydrogen (secondary N) is 1. The number of amides is 2. The monoisotopic (exact) mass is 357 g/mol. The zero-order chi connectivity index (χ0) is 17.8. The normalized spacial score (nSPS) is 20.4. The molecule has 7 nitrogen and oxygen atoms in total. The van der Waals surface area contributed by atoms with Gasteiger partial charge in [0.25, 0.3) is 0 Å². The first kappa shape index (κ1) is 17.1. The van der Waals surface area contributed by atoms with Crippen molar-refractivity contribution in [2.75, 3.05) is 32.7 Å². The van der Waals surface area contributed by atoms with Crippen LogP contribution in [0.25, 0.3) is 0 Å². The fourth-order valence-corrected chi connectivity index (χ4v) is 4.09. The zero-order valence-corrected chi connectivity index (χ0v) is 15.1. The van der Waals surface area contributed by atoms with Crippen molar-refractivity contribution < 1.29 is 9.21 Å². The van der Waals surface area contributed by atoms with Crippen LogP contribution in [0.5, 0.6) is 0 Å². The van der Waals surface area contributed by atoms with Crippen LogP contribution < -0.4 is 5.32 Å². The lowest BCUT2D eigenvalue weighted by atomic mass is 10.1. The van der Waals surface area contributed by atoms with E-state index in [0.717, 1.165) is 44.8 Å². The largest absolute Gasteiger partial charge is 0.468 e. The Bertz CT molecular complexity index is 671. The summed E-state index contributed by atoms with van der Waals surface area (Å²) >= 11 is 0. The topological polar surface area (TPSA) is 66.5 Å². The summed E-state index contributed by atoms with van der Waals surface area (Å²) in [6, 6.07) is 4.53. The highest BCUT2D eigenvalue weighted by molar-refractivity contribution is 5.74. The van der Waals surface area contributed by atoms with Gasteiger partial charge in [0.2, 0.25) is 0 Å². The second-order valence-corrected chi connectivity index (χ2v) is 7.19. The molecule has 4 rings (SSSR count). The molecule has 140 valence electrons. The van der Waals surface area contributed by atoms with E-state index in [1.54, 1.807) is 6.26 Å². The summed E-state index contributed by atoms with van der Waals surface area (Å²) in [5.41, 5.74) is 0. The highest BCUT2D eigenvalue weighted by atomic mass is 16.3. The first-order valence-electron chi connectivity index (χ1n) is 9.59. The SMILES string of the molecule is O=C(NC[C@@H](c1ccco1)N1CCCC1)N1CCC(n2ccnc2)CC1. The lowest BCUT2D eigenvalue weighted by Gasteiger charge is -2.33. The number of aromatic nitrogens is 2. The van der Waals surface area contributed by atoms with Crippen molar-refractivity contribution in [3.05, 3.63) is 42.9 Å². The van der Waals surface area contributed by atoms with E-state index in [4.69, 9.17) is 4.42 Å². The maximum absolute atomic E-state index is 12.6. The molecule has 2 amide bonds. The third kappa shape index (κ3) is 3.77. The predicted octanol–water partition coefficient (Wildman–Crippen LogP) is 2.66. The number of hydrogen-bond donors (Lipinski definition) is 1. The second kappa shape index (κ2) is 7.95. The van der Waals surface area contributed by atoms with Crippen LogP contribution in [-0.4, -0.2) is 58.1 Å². The van der Waals surface area contributed by atoms with Gasteiger partial charge in [-0.15, -0.1) is 0 Å². The van der Waals surface area contributed by atoms with E-state index < -0.39 is 0 Å². The molecule has 26 heavy (non-hydrogen) atoms. The summed E-state index contributed by atoms with van der Waals surface area (Å²) in [6.45, 7) is 4.29. The number of hydrogen-bond acceptors (Lipinski definition) is 4. The van der Waals surface area contributed by atoms with Crippen LogP contribution in [0.1, 0.15) is 43.5 Å². The highest BCUT2D eigenvalue weighted by Crippen LogP contribution is 2.25. The van der Waals surface area contributed by atoms with Gasteiger partial charge in [-0.2, -0.15) is 0 Å². The predicted molar refractivity (Wildman–Crippen MR) is 97.7 cm³/mol. The van der Waals surface area contributed by atoms with Crippen LogP contribution in [0.15, 0.2) is 41.5 Å². The Morgan fingerprint density at radius 3 is 2.73 bits per heavy atom. The van der Waals surface area contributed by atoms with Crippen LogP contribution in [-0.2, 0) is 0 Å². The number of likely N-dealkylation sites (tertiary alicyclic amines) is 2. The standard InChI is InChI=1S/C19H27N5O2/c25-19(23-10-5-16(6-11-23)24-12-7-20-15-24)21-14-17(18-4-3-13-26-18)22-8-1-2-9-22/h3-4,7,12-13,15-17H,1-2,5-6,8-11,14H2,(H,21,25)/t17-/m0/s1. The van der Waals surface area contributed by atoms with E-state index in [-0.39, 0.29) is 12.1 Å². The molecule has 2 saturated heterocycles. The van der Waals surface area contributed by atoms with Crippen LogP contribution in [0.2, 0.25) is 0 Å². The minimum absolute atomic E-state index is 0.0323. The summed E-state index contributed by atoms with van der Waals surface area (Å²) in [4.78, 5) is 21.1. The molecule has 2 aliphatic rings. The van der Waals surface area contributed by atoms with Gasteiger partial charge in [-0.1, -0.05) is 0 Å². The first-order valence-corrected chi connectivity index (χ1v) is 9.59. The number of urea groups is 1. The number of carbonyl (C=O) groups excluding carboxylic acids is 1. The molecule has 2 fully saturated rings. The summed E-state index contributed by atoms with van der Waals surface area (Å²) in [6.07, 6.45) is 11.8. The number of rotatable bonds is 5. The molecule has 0 aromatic carbocycles. The molecule has 1 atom stereocenters. The summed E-state index contributed by atoms with van der Waals surface area (Å²) in [7, 11) is 0. The van der Waals surface area contributed by atoms with Crippen LogP contribution in [0.3, 0.4) is 0 Å². The van der Waals surface area contributed by atoms with Crippen molar-refractivity contribution in [2.45, 2.75) is 37.8 Å². The van der Waals surface area contributed by atoms with E-state index in [1.807, 2.05) is 35.8 Å². The molecule has 4 heterocycles. The van der Waals surface area contributed by atoms with Crippen molar-refractivity contribution in [3.63, 3.8) is 0 Å². The van der Waals surface area contributed by atoms with Crippen molar-refractivity contribution in [1.29, 1.82) is 0 Å². The Kier molecular flexibility index (Phi) is 5.24. The third-order valence-corrected chi connectivity index (χ3v) is 5.60. The van der Waals surface area contributed by atoms with Crippen molar-refractivity contribution >= 4 is 6.03 Å². The minimum Gasteiger partial charge on any atom is -0.468 e. The van der Waals surface area contributed by atoms with Gasteiger partial charge in [0, 0.05) is 38.1 Å². The number of furan rings is 1. The first-order chi connectivity index (χ1) is 12.8. The minimum atomic E-state index is 0.0323. The fourth-order valence-electron chi connectivity index (χ4n) is 4.09. The summed E-state index contributed by atoms with van der Waals surface area (Å²) < 4.78 is 7.77.